The molecule has 166 valence electrons. The van der Waals surface area contributed by atoms with Crippen LogP contribution in [-0.2, 0) is 11.2 Å². The van der Waals surface area contributed by atoms with Crippen LogP contribution >= 0.6 is 11.8 Å². The first kappa shape index (κ1) is 21.3. The van der Waals surface area contributed by atoms with Crippen LogP contribution in [0.2, 0.25) is 0 Å². The number of H-pyrrole nitrogens is 1. The minimum atomic E-state index is -0.683. The Balaban J connectivity index is 1.27. The van der Waals surface area contributed by atoms with Crippen molar-refractivity contribution in [3.8, 4) is 11.8 Å². The standard InChI is InChI=1S/C25H23N5O2S/c1-30-20-13-18(10-9-16-7-8-16)11-12-21(20)33-15-19(25(30)32)26-24(31)23-27-22(28-29-23)14-17-5-3-2-4-6-17/h2-6,11-13,16,19H,7-8,14-15H2,1H3,(H,26,31)(H,27,28,29)/t19-/m0/s1. The summed E-state index contributed by atoms with van der Waals surface area (Å²) in [6, 6.07) is 15.1. The van der Waals surface area contributed by atoms with Crippen molar-refractivity contribution < 1.29 is 9.59 Å². The van der Waals surface area contributed by atoms with Crippen LogP contribution in [0.4, 0.5) is 5.69 Å². The fourth-order valence-electron chi connectivity index (χ4n) is 3.58. The van der Waals surface area contributed by atoms with Crippen LogP contribution in [-0.4, -0.2) is 45.8 Å². The lowest BCUT2D eigenvalue weighted by Crippen LogP contribution is -2.48. The second-order valence-corrected chi connectivity index (χ2v) is 9.29. The van der Waals surface area contributed by atoms with Crippen molar-refractivity contribution in [2.75, 3.05) is 17.7 Å². The zero-order valence-electron chi connectivity index (χ0n) is 18.2. The van der Waals surface area contributed by atoms with Gasteiger partial charge in [0.2, 0.25) is 11.7 Å². The van der Waals surface area contributed by atoms with Crippen molar-refractivity contribution in [3.63, 3.8) is 0 Å². The molecule has 0 radical (unpaired) electrons. The summed E-state index contributed by atoms with van der Waals surface area (Å²) in [5.41, 5.74) is 2.78. The first-order valence-electron chi connectivity index (χ1n) is 10.9. The van der Waals surface area contributed by atoms with Gasteiger partial charge in [0, 0.05) is 35.6 Å². The van der Waals surface area contributed by atoms with Gasteiger partial charge in [-0.3, -0.25) is 14.7 Å². The first-order valence-corrected chi connectivity index (χ1v) is 11.9. The third kappa shape index (κ3) is 4.94. The molecule has 7 nitrogen and oxygen atoms in total. The van der Waals surface area contributed by atoms with Crippen LogP contribution in [0.15, 0.2) is 53.4 Å². The minimum Gasteiger partial charge on any atom is -0.337 e. The largest absolute Gasteiger partial charge is 0.337 e. The Bertz CT molecular complexity index is 1260. The molecule has 1 aliphatic heterocycles. The molecule has 1 atom stereocenters. The third-order valence-electron chi connectivity index (χ3n) is 5.61. The Morgan fingerprint density at radius 1 is 1.24 bits per heavy atom. The smallest absolute Gasteiger partial charge is 0.291 e. The number of nitrogens with one attached hydrogen (secondary N) is 2. The molecule has 33 heavy (non-hydrogen) atoms. The van der Waals surface area contributed by atoms with E-state index in [-0.39, 0.29) is 11.7 Å². The number of hydrogen-bond donors (Lipinski definition) is 2. The molecule has 0 saturated heterocycles. The molecule has 2 amide bonds. The maximum absolute atomic E-state index is 13.1. The van der Waals surface area contributed by atoms with Gasteiger partial charge in [-0.1, -0.05) is 42.2 Å². The highest BCUT2D eigenvalue weighted by molar-refractivity contribution is 7.99. The molecule has 2 aliphatic rings. The van der Waals surface area contributed by atoms with Crippen LogP contribution in [0.1, 0.15) is 40.4 Å². The quantitative estimate of drug-likeness (QED) is 0.588. The normalized spacial score (nSPS) is 17.5. The molecular formula is C25H23N5O2S. The van der Waals surface area contributed by atoms with Crippen molar-refractivity contribution >= 4 is 29.3 Å². The van der Waals surface area contributed by atoms with Gasteiger partial charge in [0.05, 0.1) is 5.69 Å². The summed E-state index contributed by atoms with van der Waals surface area (Å²) in [4.78, 5) is 32.8. The summed E-state index contributed by atoms with van der Waals surface area (Å²) in [7, 11) is 1.73. The Morgan fingerprint density at radius 3 is 2.85 bits per heavy atom. The number of fused-ring (bicyclic) bond motifs is 1. The first-order chi connectivity index (χ1) is 16.1. The topological polar surface area (TPSA) is 91.0 Å². The van der Waals surface area contributed by atoms with Gasteiger partial charge in [0.25, 0.3) is 5.91 Å². The number of thioether (sulfide) groups is 1. The highest BCUT2D eigenvalue weighted by Gasteiger charge is 2.31. The van der Waals surface area contributed by atoms with E-state index in [0.717, 1.165) is 21.7 Å². The van der Waals surface area contributed by atoms with E-state index < -0.39 is 11.9 Å². The highest BCUT2D eigenvalue weighted by Crippen LogP contribution is 2.34. The van der Waals surface area contributed by atoms with Crippen molar-refractivity contribution in [2.24, 2.45) is 5.92 Å². The lowest BCUT2D eigenvalue weighted by molar-refractivity contribution is -0.119. The number of aromatic amines is 1. The van der Waals surface area contributed by atoms with Gasteiger partial charge in [-0.15, -0.1) is 16.9 Å². The molecule has 3 aromatic rings. The van der Waals surface area contributed by atoms with E-state index in [1.165, 1.54) is 12.8 Å². The zero-order valence-corrected chi connectivity index (χ0v) is 19.0. The number of anilines is 1. The average Bonchev–Trinajstić information content (AvgIpc) is 3.57. The number of hydrogen-bond acceptors (Lipinski definition) is 5. The van der Waals surface area contributed by atoms with Gasteiger partial charge < -0.3 is 10.2 Å². The average molecular weight is 458 g/mol. The third-order valence-corrected chi connectivity index (χ3v) is 6.76. The molecule has 2 aromatic carbocycles. The van der Waals surface area contributed by atoms with E-state index in [9.17, 15) is 9.59 Å². The number of likely N-dealkylation sites (N-methyl/N-ethyl adjacent to an activating group) is 1. The van der Waals surface area contributed by atoms with Gasteiger partial charge in [-0.25, -0.2) is 4.98 Å². The second kappa shape index (κ2) is 9.12. The number of amides is 2. The van der Waals surface area contributed by atoms with Crippen LogP contribution in [0.5, 0.6) is 0 Å². The molecule has 1 fully saturated rings. The predicted molar refractivity (Wildman–Crippen MR) is 127 cm³/mol. The molecule has 2 N–H and O–H groups in total. The predicted octanol–water partition coefficient (Wildman–Crippen LogP) is 3.02. The van der Waals surface area contributed by atoms with E-state index in [1.807, 2.05) is 48.5 Å². The lowest BCUT2D eigenvalue weighted by atomic mass is 10.1. The van der Waals surface area contributed by atoms with Gasteiger partial charge in [0.15, 0.2) is 0 Å². The Kier molecular flexibility index (Phi) is 5.88. The number of rotatable bonds is 4. The van der Waals surface area contributed by atoms with Gasteiger partial charge in [-0.05, 0) is 36.6 Å². The van der Waals surface area contributed by atoms with Gasteiger partial charge in [-0.2, -0.15) is 0 Å². The van der Waals surface area contributed by atoms with Crippen LogP contribution < -0.4 is 10.2 Å². The maximum Gasteiger partial charge on any atom is 0.291 e. The molecule has 1 aliphatic carbocycles. The molecule has 1 saturated carbocycles. The van der Waals surface area contributed by atoms with E-state index >= 15 is 0 Å². The molecule has 0 spiro atoms. The summed E-state index contributed by atoms with van der Waals surface area (Å²) in [5, 5.41) is 9.66. The summed E-state index contributed by atoms with van der Waals surface area (Å²) < 4.78 is 0. The zero-order chi connectivity index (χ0) is 22.8. The number of carbonyl (C=O) groups is 2. The SMILES string of the molecule is CN1C(=O)[C@@H](NC(=O)c2n[nH]c(Cc3ccccc3)n2)CSc2ccc(C#CC3CC3)cc21. The van der Waals surface area contributed by atoms with Crippen molar-refractivity contribution in [1.29, 1.82) is 0 Å². The number of carbonyl (C=O) groups excluding carboxylic acids is 2. The Hall–Kier alpha value is -3.57. The molecule has 0 unspecified atom stereocenters. The molecule has 0 bridgehead atoms. The summed E-state index contributed by atoms with van der Waals surface area (Å²) in [6.07, 6.45) is 2.89. The highest BCUT2D eigenvalue weighted by atomic mass is 32.2. The van der Waals surface area contributed by atoms with Crippen molar-refractivity contribution in [2.45, 2.75) is 30.2 Å². The number of nitrogens with zero attached hydrogens (tertiary/aromatic N) is 3. The summed E-state index contributed by atoms with van der Waals surface area (Å²) in [5.74, 6) is 7.38. The fraction of sp³-hybridized carbons (Fsp3) is 0.280. The lowest BCUT2D eigenvalue weighted by Gasteiger charge is -2.21. The number of aromatic nitrogens is 3. The fourth-order valence-corrected chi connectivity index (χ4v) is 4.66. The van der Waals surface area contributed by atoms with Crippen LogP contribution in [0, 0.1) is 17.8 Å². The summed E-state index contributed by atoms with van der Waals surface area (Å²) in [6.45, 7) is 0. The van der Waals surface area contributed by atoms with Crippen molar-refractivity contribution in [3.05, 3.63) is 71.3 Å². The van der Waals surface area contributed by atoms with Crippen LogP contribution in [0.3, 0.4) is 0 Å². The second-order valence-electron chi connectivity index (χ2n) is 8.23. The van der Waals surface area contributed by atoms with E-state index in [2.05, 4.69) is 32.3 Å². The van der Waals surface area contributed by atoms with Gasteiger partial charge in [0.1, 0.15) is 11.9 Å². The molecule has 5 rings (SSSR count). The van der Waals surface area contributed by atoms with E-state index in [4.69, 9.17) is 0 Å². The van der Waals surface area contributed by atoms with E-state index in [0.29, 0.717) is 23.9 Å². The minimum absolute atomic E-state index is 0.0285. The maximum atomic E-state index is 13.1. The Labute approximate surface area is 196 Å². The molecule has 8 heteroatoms. The van der Waals surface area contributed by atoms with Gasteiger partial charge >= 0.3 is 0 Å². The monoisotopic (exact) mass is 457 g/mol. The van der Waals surface area contributed by atoms with Crippen LogP contribution in [0.25, 0.3) is 0 Å². The molecule has 2 heterocycles. The number of benzene rings is 2. The van der Waals surface area contributed by atoms with Crippen molar-refractivity contribution in [1.82, 2.24) is 20.5 Å². The summed E-state index contributed by atoms with van der Waals surface area (Å²) >= 11 is 1.54. The Morgan fingerprint density at radius 2 is 2.06 bits per heavy atom. The molecular weight excluding hydrogens is 434 g/mol. The van der Waals surface area contributed by atoms with E-state index in [1.54, 1.807) is 23.7 Å². The molecule has 1 aromatic heterocycles.